The van der Waals surface area contributed by atoms with E-state index in [1.54, 1.807) is 23.8 Å². The zero-order chi connectivity index (χ0) is 15.6. The number of carboxylic acid groups (broad SMARTS) is 1. The van der Waals surface area contributed by atoms with Crippen molar-refractivity contribution in [1.29, 1.82) is 0 Å². The topological polar surface area (TPSA) is 98.0 Å². The number of aliphatic carboxylic acids is 1. The number of fused-ring (bicyclic) bond motifs is 2. The zero-order valence-corrected chi connectivity index (χ0v) is 15.4. The van der Waals surface area contributed by atoms with E-state index < -0.39 is 18.0 Å². The Morgan fingerprint density at radius 1 is 1.57 bits per heavy atom. The summed E-state index contributed by atoms with van der Waals surface area (Å²) < 4.78 is 1.80. The molecule has 114 valence electrons. The van der Waals surface area contributed by atoms with E-state index in [-0.39, 0.29) is 47.2 Å². The van der Waals surface area contributed by atoms with E-state index in [4.69, 9.17) is 0 Å². The number of hydrogen-bond donors (Lipinski definition) is 1. The molecular formula is C14H12N3NaO4S. The minimum atomic E-state index is -1.37. The Labute approximate surface area is 157 Å². The van der Waals surface area contributed by atoms with Crippen molar-refractivity contribution in [2.75, 3.05) is 0 Å². The second-order valence-corrected chi connectivity index (χ2v) is 6.47. The molecule has 1 N–H and O–H groups in total. The first kappa shape index (κ1) is 16.7. The Balaban J connectivity index is 0.00000156. The number of aromatic nitrogens is 2. The van der Waals surface area contributed by atoms with Crippen LogP contribution in [-0.2, 0) is 9.59 Å². The Morgan fingerprint density at radius 3 is 2.96 bits per heavy atom. The van der Waals surface area contributed by atoms with Gasteiger partial charge in [0.1, 0.15) is 11.2 Å². The third-order valence-corrected chi connectivity index (χ3v) is 5.27. The average Bonchev–Trinajstić information content (AvgIpc) is 3.08. The first-order valence-corrected chi connectivity index (χ1v) is 7.74. The van der Waals surface area contributed by atoms with Gasteiger partial charge in [0.2, 0.25) is 5.91 Å². The number of carbonyl (C=O) groups excluding carboxylic acids is 2. The fourth-order valence-corrected chi connectivity index (χ4v) is 4.30. The molecule has 0 bridgehead atoms. The van der Waals surface area contributed by atoms with Crippen molar-refractivity contribution in [3.63, 3.8) is 0 Å². The molecule has 2 aromatic rings. The number of rotatable bonds is 3. The van der Waals surface area contributed by atoms with E-state index in [1.165, 1.54) is 16.2 Å². The number of imidazole rings is 1. The maximum Gasteiger partial charge on any atom is 1.00 e. The molecule has 4 heterocycles. The second kappa shape index (κ2) is 5.71. The summed E-state index contributed by atoms with van der Waals surface area (Å²) in [7, 11) is 0. The minimum absolute atomic E-state index is 0. The van der Waals surface area contributed by atoms with Crippen LogP contribution in [0.2, 0.25) is 0 Å². The van der Waals surface area contributed by atoms with Gasteiger partial charge in [0.25, 0.3) is 0 Å². The maximum absolute atomic E-state index is 12.2. The van der Waals surface area contributed by atoms with Crippen LogP contribution in [0, 0.1) is 5.92 Å². The van der Waals surface area contributed by atoms with Crippen molar-refractivity contribution in [3.05, 3.63) is 29.3 Å². The van der Waals surface area contributed by atoms with Crippen molar-refractivity contribution in [1.82, 2.24) is 14.3 Å². The molecule has 0 aliphatic carbocycles. The first-order valence-electron chi connectivity index (χ1n) is 6.86. The first-order chi connectivity index (χ1) is 10.5. The van der Waals surface area contributed by atoms with Gasteiger partial charge in [0.05, 0.1) is 41.6 Å². The number of amides is 1. The molecule has 3 atom stereocenters. The van der Waals surface area contributed by atoms with Crippen LogP contribution < -0.4 is 34.7 Å². The Morgan fingerprint density at radius 2 is 2.30 bits per heavy atom. The molecule has 0 radical (unpaired) electrons. The molecular weight excluding hydrogens is 329 g/mol. The van der Waals surface area contributed by atoms with Gasteiger partial charge in [-0.1, -0.05) is 0 Å². The van der Waals surface area contributed by atoms with E-state index in [0.717, 1.165) is 4.83 Å². The van der Waals surface area contributed by atoms with Crippen LogP contribution >= 0.6 is 11.3 Å². The quantitative estimate of drug-likeness (QED) is 0.461. The van der Waals surface area contributed by atoms with Crippen LogP contribution in [0.25, 0.3) is 10.4 Å². The van der Waals surface area contributed by atoms with Crippen molar-refractivity contribution in [3.8, 4) is 0 Å². The van der Waals surface area contributed by atoms with Gasteiger partial charge in [-0.05, 0) is 13.3 Å². The number of carboxylic acids is 1. The molecule has 2 aliphatic heterocycles. The normalized spacial score (nSPS) is 24.4. The summed E-state index contributed by atoms with van der Waals surface area (Å²) in [5.74, 6) is -2.27. The van der Waals surface area contributed by atoms with Gasteiger partial charge in [-0.2, -0.15) is 0 Å². The Hall–Kier alpha value is -1.19. The van der Waals surface area contributed by atoms with Gasteiger partial charge in [0, 0.05) is 11.0 Å². The predicted octanol–water partition coefficient (Wildman–Crippen LogP) is -3.53. The van der Waals surface area contributed by atoms with E-state index in [2.05, 4.69) is 4.98 Å². The molecule has 0 spiro atoms. The van der Waals surface area contributed by atoms with Gasteiger partial charge >= 0.3 is 29.6 Å². The molecule has 2 aromatic heterocycles. The van der Waals surface area contributed by atoms with Gasteiger partial charge in [-0.15, -0.1) is 11.3 Å². The summed E-state index contributed by atoms with van der Waals surface area (Å²) in [6, 6.07) is -0.311. The number of thiazole rings is 1. The average molecular weight is 341 g/mol. The summed E-state index contributed by atoms with van der Waals surface area (Å²) >= 11 is 1.45. The molecule has 1 amide bonds. The maximum atomic E-state index is 12.2. The molecule has 1 saturated heterocycles. The summed E-state index contributed by atoms with van der Waals surface area (Å²) in [6.45, 7) is 1.55. The fourth-order valence-electron chi connectivity index (χ4n) is 3.43. The van der Waals surface area contributed by atoms with Crippen LogP contribution in [0.3, 0.4) is 0 Å². The number of β-lactam (4-membered cyclic amide) rings is 1. The Bertz CT molecular complexity index is 840. The number of aliphatic hydroxyl groups is 1. The van der Waals surface area contributed by atoms with Crippen molar-refractivity contribution in [2.24, 2.45) is 5.92 Å². The summed E-state index contributed by atoms with van der Waals surface area (Å²) in [5, 5.41) is 23.1. The van der Waals surface area contributed by atoms with E-state index in [0.29, 0.717) is 17.7 Å². The number of nitrogens with zero attached hydrogens (tertiary/aromatic N) is 3. The number of hydrogen-bond acceptors (Lipinski definition) is 6. The molecule has 0 unspecified atom stereocenters. The monoisotopic (exact) mass is 341 g/mol. The van der Waals surface area contributed by atoms with E-state index in [1.807, 2.05) is 5.38 Å². The zero-order valence-electron chi connectivity index (χ0n) is 12.6. The molecule has 23 heavy (non-hydrogen) atoms. The third-order valence-electron chi connectivity index (χ3n) is 4.39. The number of aliphatic hydroxyl groups excluding tert-OH is 1. The van der Waals surface area contributed by atoms with Gasteiger partial charge in [0.15, 0.2) is 0 Å². The standard InChI is InChI=1S/C14H13N3O4S.Na/c1-6(18)11-8-2-7(12(14(20)21)17(8)13(11)19)9-4-22-10-3-15-5-16(9)10;/h3-6,8,11,18H,2H2,1H3,(H,20,21);/q;+1/p-1/t6-,8-,11-;/m1./s1. The second-order valence-electron chi connectivity index (χ2n) is 5.58. The van der Waals surface area contributed by atoms with Gasteiger partial charge in [-0.3, -0.25) is 9.20 Å². The smallest absolute Gasteiger partial charge is 0.543 e. The molecule has 1 fully saturated rings. The third kappa shape index (κ3) is 2.20. The number of carbonyl (C=O) groups is 2. The van der Waals surface area contributed by atoms with Crippen LogP contribution in [0.4, 0.5) is 0 Å². The summed E-state index contributed by atoms with van der Waals surface area (Å²) in [4.78, 5) is 29.9. The summed E-state index contributed by atoms with van der Waals surface area (Å²) in [5.41, 5.74) is 1.19. The molecule has 0 saturated carbocycles. The molecule has 7 nitrogen and oxygen atoms in total. The van der Waals surface area contributed by atoms with Crippen molar-refractivity contribution < 1.29 is 49.4 Å². The molecule has 2 aliphatic rings. The van der Waals surface area contributed by atoms with Crippen molar-refractivity contribution in [2.45, 2.75) is 25.5 Å². The van der Waals surface area contributed by atoms with Crippen LogP contribution in [0.1, 0.15) is 19.0 Å². The van der Waals surface area contributed by atoms with Crippen LogP contribution in [0.5, 0.6) is 0 Å². The summed E-state index contributed by atoms with van der Waals surface area (Å²) in [6.07, 6.45) is 2.91. The minimum Gasteiger partial charge on any atom is -0.543 e. The van der Waals surface area contributed by atoms with E-state index in [9.17, 15) is 19.8 Å². The van der Waals surface area contributed by atoms with E-state index >= 15 is 0 Å². The van der Waals surface area contributed by atoms with Crippen LogP contribution in [-0.4, -0.2) is 43.4 Å². The Kier molecular flexibility index (Phi) is 4.14. The van der Waals surface area contributed by atoms with Crippen molar-refractivity contribution >= 4 is 33.6 Å². The van der Waals surface area contributed by atoms with Gasteiger partial charge < -0.3 is 19.9 Å². The largest absolute Gasteiger partial charge is 1.00 e. The fraction of sp³-hybridized carbons (Fsp3) is 0.357. The molecule has 9 heteroatoms. The van der Waals surface area contributed by atoms with Gasteiger partial charge in [-0.25, -0.2) is 4.98 Å². The van der Waals surface area contributed by atoms with Crippen LogP contribution in [0.15, 0.2) is 23.6 Å². The predicted molar refractivity (Wildman–Crippen MR) is 75.4 cm³/mol. The molecule has 4 rings (SSSR count). The molecule has 0 aromatic carbocycles. The SMILES string of the molecule is C[C@@H](O)[C@H]1C(=O)N2C(C(=O)[O-])=C(c3csc4cncn34)C[C@H]12.[Na+].